The van der Waals surface area contributed by atoms with Gasteiger partial charge in [0.05, 0.1) is 24.3 Å². The third kappa shape index (κ3) is 3.45. The number of halogens is 1. The Morgan fingerprint density at radius 1 is 1.17 bits per heavy atom. The van der Waals surface area contributed by atoms with Crippen molar-refractivity contribution in [2.75, 3.05) is 24.5 Å². The fourth-order valence-corrected chi connectivity index (χ4v) is 3.74. The molecule has 7 heteroatoms. The number of pyridine rings is 1. The smallest absolute Gasteiger partial charge is 0.271 e. The van der Waals surface area contributed by atoms with Crippen molar-refractivity contribution in [2.24, 2.45) is 0 Å². The Kier molecular flexibility index (Phi) is 4.77. The molecule has 0 radical (unpaired) electrons. The number of piperazine rings is 1. The molecule has 2 aromatic carbocycles. The van der Waals surface area contributed by atoms with Gasteiger partial charge in [0.1, 0.15) is 17.4 Å². The molecule has 3 aromatic rings. The number of amides is 1. The third-order valence-electron chi connectivity index (χ3n) is 5.11. The van der Waals surface area contributed by atoms with E-state index in [1.54, 1.807) is 17.0 Å². The minimum Gasteiger partial charge on any atom is -0.359 e. The van der Waals surface area contributed by atoms with Gasteiger partial charge in [-0.15, -0.1) is 0 Å². The number of carbonyl (C=O) groups excluding carboxylic acids is 1. The molecule has 2 heterocycles. The van der Waals surface area contributed by atoms with E-state index in [0.29, 0.717) is 24.3 Å². The van der Waals surface area contributed by atoms with Crippen molar-refractivity contribution in [3.63, 3.8) is 0 Å². The van der Waals surface area contributed by atoms with Crippen LogP contribution < -0.4 is 15.8 Å². The number of fused-ring (bicyclic) bond motifs is 1. The average Bonchev–Trinajstić information content (AvgIpc) is 2.71. The van der Waals surface area contributed by atoms with E-state index in [0.717, 1.165) is 16.5 Å². The van der Waals surface area contributed by atoms with E-state index in [9.17, 15) is 19.2 Å². The van der Waals surface area contributed by atoms with Gasteiger partial charge < -0.3 is 14.8 Å². The normalized spacial score (nSPS) is 14.0. The van der Waals surface area contributed by atoms with Crippen LogP contribution in [0.2, 0.25) is 0 Å². The van der Waals surface area contributed by atoms with Crippen molar-refractivity contribution in [1.29, 1.82) is 5.26 Å². The molecule has 0 saturated carbocycles. The summed E-state index contributed by atoms with van der Waals surface area (Å²) in [6, 6.07) is 13.7. The summed E-state index contributed by atoms with van der Waals surface area (Å²) in [5.41, 5.74) is 2.50. The van der Waals surface area contributed by atoms with Crippen LogP contribution in [-0.2, 0) is 11.3 Å². The molecular formula is C22H19FN4O2. The molecule has 1 fully saturated rings. The van der Waals surface area contributed by atoms with Crippen molar-refractivity contribution in [1.82, 2.24) is 9.88 Å². The van der Waals surface area contributed by atoms with Gasteiger partial charge in [0.25, 0.3) is 5.56 Å². The standard InChI is InChI=1S/C22H19FN4O2/c1-14-2-7-19-17(10-14)21(26-9-8-25-20(28)13-26)18(11-24)22(29)27(19)12-15-3-5-16(23)6-4-15/h2-7,10H,8-9,12-13H2,1H3,(H,25,28). The highest BCUT2D eigenvalue weighted by Gasteiger charge is 2.25. The molecule has 1 aromatic heterocycles. The fourth-order valence-electron chi connectivity index (χ4n) is 3.74. The molecule has 0 bridgehead atoms. The summed E-state index contributed by atoms with van der Waals surface area (Å²) in [5, 5.41) is 13.3. The summed E-state index contributed by atoms with van der Waals surface area (Å²) in [6.07, 6.45) is 0. The Balaban J connectivity index is 1.96. The lowest BCUT2D eigenvalue weighted by Crippen LogP contribution is -2.48. The monoisotopic (exact) mass is 390 g/mol. The number of benzene rings is 2. The molecule has 0 atom stereocenters. The van der Waals surface area contributed by atoms with Crippen molar-refractivity contribution >= 4 is 22.5 Å². The van der Waals surface area contributed by atoms with Gasteiger partial charge in [-0.2, -0.15) is 5.26 Å². The van der Waals surface area contributed by atoms with Gasteiger partial charge in [-0.3, -0.25) is 9.59 Å². The molecule has 1 aliphatic heterocycles. The third-order valence-corrected chi connectivity index (χ3v) is 5.11. The highest BCUT2D eigenvalue weighted by atomic mass is 19.1. The second-order valence-corrected chi connectivity index (χ2v) is 7.15. The molecule has 1 amide bonds. The second-order valence-electron chi connectivity index (χ2n) is 7.15. The number of rotatable bonds is 3. The Labute approximate surface area is 166 Å². The number of aryl methyl sites for hydroxylation is 1. The highest BCUT2D eigenvalue weighted by molar-refractivity contribution is 5.97. The first-order valence-corrected chi connectivity index (χ1v) is 9.31. The Bertz CT molecular complexity index is 1210. The number of anilines is 1. The molecule has 4 rings (SSSR count). The molecular weight excluding hydrogens is 371 g/mol. The number of carbonyl (C=O) groups is 1. The predicted molar refractivity (Wildman–Crippen MR) is 108 cm³/mol. The second kappa shape index (κ2) is 7.40. The Morgan fingerprint density at radius 2 is 1.93 bits per heavy atom. The zero-order chi connectivity index (χ0) is 20.5. The van der Waals surface area contributed by atoms with E-state index in [1.807, 2.05) is 25.1 Å². The van der Waals surface area contributed by atoms with E-state index < -0.39 is 5.56 Å². The van der Waals surface area contributed by atoms with E-state index in [4.69, 9.17) is 0 Å². The zero-order valence-corrected chi connectivity index (χ0v) is 15.9. The summed E-state index contributed by atoms with van der Waals surface area (Å²) >= 11 is 0. The lowest BCUT2D eigenvalue weighted by atomic mass is 10.0. The molecule has 6 nitrogen and oxygen atoms in total. The van der Waals surface area contributed by atoms with Crippen molar-refractivity contribution < 1.29 is 9.18 Å². The van der Waals surface area contributed by atoms with Crippen molar-refractivity contribution in [3.05, 3.63) is 75.3 Å². The van der Waals surface area contributed by atoms with E-state index in [-0.39, 0.29) is 30.4 Å². The van der Waals surface area contributed by atoms with Crippen LogP contribution in [-0.4, -0.2) is 30.1 Å². The molecule has 1 saturated heterocycles. The lowest BCUT2D eigenvalue weighted by molar-refractivity contribution is -0.120. The molecule has 0 unspecified atom stereocenters. The number of nitrogens with zero attached hydrogens (tertiary/aromatic N) is 3. The van der Waals surface area contributed by atoms with Gasteiger partial charge in [-0.05, 0) is 36.8 Å². The van der Waals surface area contributed by atoms with Crippen molar-refractivity contribution in [3.8, 4) is 6.07 Å². The van der Waals surface area contributed by atoms with Gasteiger partial charge in [0.2, 0.25) is 5.91 Å². The van der Waals surface area contributed by atoms with Gasteiger partial charge >= 0.3 is 0 Å². The summed E-state index contributed by atoms with van der Waals surface area (Å²) in [7, 11) is 0. The van der Waals surface area contributed by atoms with Gasteiger partial charge in [0, 0.05) is 18.5 Å². The van der Waals surface area contributed by atoms with E-state index in [1.165, 1.54) is 16.7 Å². The van der Waals surface area contributed by atoms with Crippen LogP contribution in [0.5, 0.6) is 0 Å². The number of nitrogens with one attached hydrogen (secondary N) is 1. The summed E-state index contributed by atoms with van der Waals surface area (Å²) < 4.78 is 14.8. The minimum absolute atomic E-state index is 0.0138. The van der Waals surface area contributed by atoms with Crippen LogP contribution in [0.15, 0.2) is 47.3 Å². The maximum atomic E-state index is 13.3. The molecule has 146 valence electrons. The highest BCUT2D eigenvalue weighted by Crippen LogP contribution is 2.30. The Morgan fingerprint density at radius 3 is 2.62 bits per heavy atom. The SMILES string of the molecule is Cc1ccc2c(c1)c(N1CCNC(=O)C1)c(C#N)c(=O)n2Cc1ccc(F)cc1. The summed E-state index contributed by atoms with van der Waals surface area (Å²) in [5.74, 6) is -0.491. The van der Waals surface area contributed by atoms with Crippen LogP contribution in [0.25, 0.3) is 10.9 Å². The fraction of sp³-hybridized carbons (Fsp3) is 0.227. The summed E-state index contributed by atoms with van der Waals surface area (Å²) in [4.78, 5) is 27.0. The number of hydrogen-bond donors (Lipinski definition) is 1. The maximum absolute atomic E-state index is 13.3. The van der Waals surface area contributed by atoms with Crippen molar-refractivity contribution in [2.45, 2.75) is 13.5 Å². The van der Waals surface area contributed by atoms with Crippen LogP contribution in [0.1, 0.15) is 16.7 Å². The van der Waals surface area contributed by atoms with Crippen LogP contribution in [0.3, 0.4) is 0 Å². The summed E-state index contributed by atoms with van der Waals surface area (Å²) in [6.45, 7) is 3.22. The first-order chi connectivity index (χ1) is 14.0. The first-order valence-electron chi connectivity index (χ1n) is 9.31. The number of aromatic nitrogens is 1. The largest absolute Gasteiger partial charge is 0.359 e. The minimum atomic E-state index is -0.422. The van der Waals surface area contributed by atoms with E-state index >= 15 is 0 Å². The maximum Gasteiger partial charge on any atom is 0.271 e. The lowest BCUT2D eigenvalue weighted by Gasteiger charge is -2.31. The molecule has 0 aliphatic carbocycles. The Hall–Kier alpha value is -3.66. The predicted octanol–water partition coefficient (Wildman–Crippen LogP) is 2.31. The quantitative estimate of drug-likeness (QED) is 0.744. The zero-order valence-electron chi connectivity index (χ0n) is 15.9. The van der Waals surface area contributed by atoms with Crippen LogP contribution >= 0.6 is 0 Å². The van der Waals surface area contributed by atoms with Gasteiger partial charge in [0.15, 0.2) is 0 Å². The van der Waals surface area contributed by atoms with E-state index in [2.05, 4.69) is 11.4 Å². The number of nitriles is 1. The molecule has 29 heavy (non-hydrogen) atoms. The van der Waals surface area contributed by atoms with Gasteiger partial charge in [-0.25, -0.2) is 4.39 Å². The van der Waals surface area contributed by atoms with Crippen LogP contribution in [0, 0.1) is 24.1 Å². The first kappa shape index (κ1) is 18.7. The molecule has 1 aliphatic rings. The van der Waals surface area contributed by atoms with Gasteiger partial charge in [-0.1, -0.05) is 23.8 Å². The topological polar surface area (TPSA) is 78.1 Å². The average molecular weight is 390 g/mol. The molecule has 0 spiro atoms. The molecule has 1 N–H and O–H groups in total. The number of hydrogen-bond acceptors (Lipinski definition) is 4. The van der Waals surface area contributed by atoms with Crippen LogP contribution in [0.4, 0.5) is 10.1 Å².